The highest BCUT2D eigenvalue weighted by atomic mass is 32.1. The number of rotatable bonds is 5. The van der Waals surface area contributed by atoms with E-state index in [0.717, 1.165) is 5.56 Å². The zero-order chi connectivity index (χ0) is 14.4. The molecule has 0 atom stereocenters. The second-order valence-corrected chi connectivity index (χ2v) is 4.98. The maximum absolute atomic E-state index is 11.9. The van der Waals surface area contributed by atoms with Crippen LogP contribution in [0.2, 0.25) is 0 Å². The summed E-state index contributed by atoms with van der Waals surface area (Å²) in [4.78, 5) is 27.8. The van der Waals surface area contributed by atoms with Gasteiger partial charge >= 0.3 is 5.97 Å². The van der Waals surface area contributed by atoms with Crippen molar-refractivity contribution in [1.82, 2.24) is 4.98 Å². The van der Waals surface area contributed by atoms with Crippen LogP contribution in [0.5, 0.6) is 0 Å². The van der Waals surface area contributed by atoms with Crippen molar-refractivity contribution in [3.05, 3.63) is 46.4 Å². The van der Waals surface area contributed by atoms with Crippen molar-refractivity contribution in [2.45, 2.75) is 12.8 Å². The lowest BCUT2D eigenvalue weighted by Gasteiger charge is -2.05. The molecule has 20 heavy (non-hydrogen) atoms. The number of carbonyl (C=O) groups excluding carboxylic acids is 2. The summed E-state index contributed by atoms with van der Waals surface area (Å²) in [5.74, 6) is -0.583. The molecule has 0 saturated heterocycles. The number of carbonyl (C=O) groups is 2. The van der Waals surface area contributed by atoms with Gasteiger partial charge in [-0.3, -0.25) is 9.78 Å². The average molecular weight is 290 g/mol. The Hall–Kier alpha value is -2.21. The van der Waals surface area contributed by atoms with Crippen molar-refractivity contribution in [3.8, 4) is 0 Å². The number of pyridine rings is 1. The maximum Gasteiger partial charge on any atom is 0.350 e. The molecule has 0 aliphatic rings. The minimum Gasteiger partial charge on any atom is -0.465 e. The van der Waals surface area contributed by atoms with Crippen LogP contribution in [-0.2, 0) is 16.0 Å². The van der Waals surface area contributed by atoms with Crippen LogP contribution in [0.4, 0.5) is 5.69 Å². The van der Waals surface area contributed by atoms with E-state index >= 15 is 0 Å². The minimum atomic E-state index is -0.442. The third-order valence-corrected chi connectivity index (χ3v) is 3.57. The Morgan fingerprint density at radius 2 is 2.25 bits per heavy atom. The third kappa shape index (κ3) is 3.64. The number of aromatic nitrogens is 1. The molecule has 0 aromatic carbocycles. The van der Waals surface area contributed by atoms with Gasteiger partial charge in [0.25, 0.3) is 0 Å². The first-order valence-electron chi connectivity index (χ1n) is 6.05. The lowest BCUT2D eigenvalue weighted by atomic mass is 10.1. The van der Waals surface area contributed by atoms with Crippen molar-refractivity contribution in [2.75, 3.05) is 12.4 Å². The Morgan fingerprint density at radius 3 is 2.95 bits per heavy atom. The molecule has 2 rings (SSSR count). The Kier molecular flexibility index (Phi) is 4.84. The quantitative estimate of drug-likeness (QED) is 0.859. The second kappa shape index (κ2) is 6.81. The number of amides is 1. The van der Waals surface area contributed by atoms with Gasteiger partial charge in [0.1, 0.15) is 4.88 Å². The molecule has 104 valence electrons. The molecule has 2 aromatic rings. The first kappa shape index (κ1) is 14.2. The van der Waals surface area contributed by atoms with Crippen molar-refractivity contribution in [1.29, 1.82) is 0 Å². The van der Waals surface area contributed by atoms with Gasteiger partial charge < -0.3 is 10.1 Å². The van der Waals surface area contributed by atoms with Crippen molar-refractivity contribution in [2.24, 2.45) is 0 Å². The molecule has 0 radical (unpaired) electrons. The molecule has 6 heteroatoms. The standard InChI is InChI=1S/C14H14N2O3S/c1-19-14(18)13-11(6-8-20-13)16-12(17)5-4-10-3-2-7-15-9-10/h2-3,6-9H,4-5H2,1H3,(H,16,17). The summed E-state index contributed by atoms with van der Waals surface area (Å²) >= 11 is 1.24. The van der Waals surface area contributed by atoms with Gasteiger partial charge in [0.05, 0.1) is 12.8 Å². The highest BCUT2D eigenvalue weighted by molar-refractivity contribution is 7.12. The lowest BCUT2D eigenvalue weighted by Crippen LogP contribution is -2.14. The highest BCUT2D eigenvalue weighted by Crippen LogP contribution is 2.23. The van der Waals surface area contributed by atoms with E-state index in [-0.39, 0.29) is 5.91 Å². The molecule has 0 bridgehead atoms. The minimum absolute atomic E-state index is 0.141. The lowest BCUT2D eigenvalue weighted by molar-refractivity contribution is -0.116. The van der Waals surface area contributed by atoms with Crippen LogP contribution in [0.1, 0.15) is 21.7 Å². The van der Waals surface area contributed by atoms with Crippen molar-refractivity contribution >= 4 is 28.9 Å². The van der Waals surface area contributed by atoms with Crippen molar-refractivity contribution < 1.29 is 14.3 Å². The number of nitrogens with one attached hydrogen (secondary N) is 1. The fraction of sp³-hybridized carbons (Fsp3) is 0.214. The van der Waals surface area contributed by atoms with Crippen molar-refractivity contribution in [3.63, 3.8) is 0 Å². The van der Waals surface area contributed by atoms with Gasteiger partial charge in [-0.2, -0.15) is 0 Å². The number of nitrogens with zero attached hydrogens (tertiary/aromatic N) is 1. The molecule has 1 N–H and O–H groups in total. The molecule has 0 saturated carbocycles. The molecular formula is C14H14N2O3S. The Morgan fingerprint density at radius 1 is 1.40 bits per heavy atom. The fourth-order valence-corrected chi connectivity index (χ4v) is 2.44. The molecule has 2 aromatic heterocycles. The zero-order valence-corrected chi connectivity index (χ0v) is 11.8. The van der Waals surface area contributed by atoms with Crippen LogP contribution in [0, 0.1) is 0 Å². The largest absolute Gasteiger partial charge is 0.465 e. The summed E-state index contributed by atoms with van der Waals surface area (Å²) in [5.41, 5.74) is 1.50. The Balaban J connectivity index is 1.92. The fourth-order valence-electron chi connectivity index (χ4n) is 1.68. The number of anilines is 1. The molecule has 0 fully saturated rings. The number of hydrogen-bond acceptors (Lipinski definition) is 5. The Bertz CT molecular complexity index is 595. The molecular weight excluding hydrogens is 276 g/mol. The molecule has 0 unspecified atom stereocenters. The van der Waals surface area contributed by atoms with Gasteiger partial charge in [-0.15, -0.1) is 11.3 Å². The van der Waals surface area contributed by atoms with Crippen LogP contribution in [0.15, 0.2) is 36.0 Å². The molecule has 0 aliphatic heterocycles. The van der Waals surface area contributed by atoms with Crippen LogP contribution in [-0.4, -0.2) is 24.0 Å². The molecule has 5 nitrogen and oxygen atoms in total. The predicted octanol–water partition coefficient (Wildman–Crippen LogP) is 2.50. The van der Waals surface area contributed by atoms with E-state index in [2.05, 4.69) is 15.0 Å². The zero-order valence-electron chi connectivity index (χ0n) is 11.0. The van der Waals surface area contributed by atoms with E-state index in [4.69, 9.17) is 0 Å². The predicted molar refractivity (Wildman–Crippen MR) is 76.8 cm³/mol. The van der Waals surface area contributed by atoms with E-state index < -0.39 is 5.97 Å². The summed E-state index contributed by atoms with van der Waals surface area (Å²) in [6, 6.07) is 5.45. The third-order valence-electron chi connectivity index (χ3n) is 2.67. The summed E-state index contributed by atoms with van der Waals surface area (Å²) in [5, 5.41) is 4.47. The number of esters is 1. The first-order chi connectivity index (χ1) is 9.70. The monoisotopic (exact) mass is 290 g/mol. The van der Waals surface area contributed by atoms with Crippen LogP contribution >= 0.6 is 11.3 Å². The normalized spacial score (nSPS) is 10.1. The van der Waals surface area contributed by atoms with Gasteiger partial charge in [0.15, 0.2) is 0 Å². The summed E-state index contributed by atoms with van der Waals surface area (Å²) in [6.45, 7) is 0. The number of methoxy groups -OCH3 is 1. The Labute approximate surface area is 120 Å². The molecule has 1 amide bonds. The van der Waals surface area contributed by atoms with E-state index in [0.29, 0.717) is 23.4 Å². The molecule has 2 heterocycles. The van der Waals surface area contributed by atoms with E-state index in [1.807, 2.05) is 12.1 Å². The summed E-state index contributed by atoms with van der Waals surface area (Å²) < 4.78 is 4.66. The van der Waals surface area contributed by atoms with Gasteiger partial charge in [-0.25, -0.2) is 4.79 Å². The molecule has 0 aliphatic carbocycles. The second-order valence-electron chi connectivity index (χ2n) is 4.06. The van der Waals surface area contributed by atoms with E-state index in [1.54, 1.807) is 23.8 Å². The number of thiophene rings is 1. The van der Waals surface area contributed by atoms with Crippen LogP contribution in [0.3, 0.4) is 0 Å². The average Bonchev–Trinajstić information content (AvgIpc) is 2.93. The maximum atomic E-state index is 11.9. The van der Waals surface area contributed by atoms with Gasteiger partial charge in [0, 0.05) is 18.8 Å². The summed E-state index contributed by atoms with van der Waals surface area (Å²) in [7, 11) is 1.32. The highest BCUT2D eigenvalue weighted by Gasteiger charge is 2.15. The number of aryl methyl sites for hydroxylation is 1. The van der Waals surface area contributed by atoms with Gasteiger partial charge in [-0.1, -0.05) is 6.07 Å². The van der Waals surface area contributed by atoms with Gasteiger partial charge in [0.2, 0.25) is 5.91 Å². The topological polar surface area (TPSA) is 68.3 Å². The number of hydrogen-bond donors (Lipinski definition) is 1. The smallest absolute Gasteiger partial charge is 0.350 e. The van der Waals surface area contributed by atoms with Crippen LogP contribution < -0.4 is 5.32 Å². The number of ether oxygens (including phenoxy) is 1. The summed E-state index contributed by atoms with van der Waals surface area (Å²) in [6.07, 6.45) is 4.37. The first-order valence-corrected chi connectivity index (χ1v) is 6.93. The van der Waals surface area contributed by atoms with Gasteiger partial charge in [-0.05, 0) is 29.5 Å². The SMILES string of the molecule is COC(=O)c1sccc1NC(=O)CCc1cccnc1. The van der Waals surface area contributed by atoms with E-state index in [1.165, 1.54) is 18.4 Å². The van der Waals surface area contributed by atoms with E-state index in [9.17, 15) is 9.59 Å². The van der Waals surface area contributed by atoms with Crippen LogP contribution in [0.25, 0.3) is 0 Å². The molecule has 0 spiro atoms.